The molecule has 0 saturated carbocycles. The maximum absolute atomic E-state index is 4.55. The van der Waals surface area contributed by atoms with Crippen LogP contribution in [0.2, 0.25) is 0 Å². The average molecular weight is 289 g/mol. The topological polar surface area (TPSA) is 12.9 Å². The third-order valence-corrected chi connectivity index (χ3v) is 3.65. The Labute approximate surface area is 119 Å². The number of aryl methyl sites for hydroxylation is 3. The van der Waals surface area contributed by atoms with Gasteiger partial charge >= 0.3 is 0 Å². The van der Waals surface area contributed by atoms with Gasteiger partial charge in [0.05, 0.1) is 5.01 Å². The van der Waals surface area contributed by atoms with Crippen LogP contribution in [0.1, 0.15) is 16.3 Å². The summed E-state index contributed by atoms with van der Waals surface area (Å²) in [6.07, 6.45) is 2.17. The minimum atomic E-state index is 0. The van der Waals surface area contributed by atoms with E-state index in [4.69, 9.17) is 0 Å². The predicted octanol–water partition coefficient (Wildman–Crippen LogP) is 3.01. The largest absolute Gasteiger partial charge is 0.247 e. The van der Waals surface area contributed by atoms with Crippen LogP contribution >= 0.6 is 11.3 Å². The number of benzene rings is 1. The third-order valence-electron chi connectivity index (χ3n) is 2.60. The molecule has 3 heteroatoms. The second-order valence-corrected chi connectivity index (χ2v) is 4.77. The van der Waals surface area contributed by atoms with Crippen molar-refractivity contribution in [2.75, 3.05) is 0 Å². The van der Waals surface area contributed by atoms with Crippen LogP contribution in [0.4, 0.5) is 0 Å². The molecule has 0 bridgehead atoms. The van der Waals surface area contributed by atoms with E-state index < -0.39 is 0 Å². The van der Waals surface area contributed by atoms with Crippen LogP contribution in [-0.2, 0) is 45.6 Å². The molecule has 15 heavy (non-hydrogen) atoms. The number of fused-ring (bicyclic) bond motifs is 3. The molecule has 0 atom stereocenters. The summed E-state index contributed by atoms with van der Waals surface area (Å²) in [5.41, 5.74) is 3.97. The number of hydrogen-bond donors (Lipinski definition) is 0. The van der Waals surface area contributed by atoms with Crippen molar-refractivity contribution in [3.63, 3.8) is 0 Å². The Hall–Kier alpha value is -0.0461. The summed E-state index contributed by atoms with van der Waals surface area (Å²) in [6.45, 7) is 2.08. The van der Waals surface area contributed by atoms with Crippen LogP contribution in [-0.4, -0.2) is 4.98 Å². The smallest absolute Gasteiger partial charge is 0.0892 e. The molecular weight excluding hydrogens is 279 g/mol. The molecule has 73 valence electrons. The van der Waals surface area contributed by atoms with Crippen molar-refractivity contribution in [1.82, 2.24) is 4.98 Å². The molecule has 0 fully saturated rings. The van der Waals surface area contributed by atoms with Crippen molar-refractivity contribution in [3.05, 3.63) is 40.5 Å². The summed E-state index contributed by atoms with van der Waals surface area (Å²) in [4.78, 5) is 5.92. The maximum atomic E-state index is 4.55. The van der Waals surface area contributed by atoms with E-state index >= 15 is 0 Å². The normalized spacial score (nSPS) is 12.6. The van der Waals surface area contributed by atoms with Gasteiger partial charge in [-0.25, -0.2) is 4.98 Å². The monoisotopic (exact) mass is 289 g/mol. The SMILES string of the molecule is Cc1nc2c(s1)-c1ccc[c-]c1CC2.[Y]. The van der Waals surface area contributed by atoms with Crippen LogP contribution < -0.4 is 0 Å². The van der Waals surface area contributed by atoms with Crippen molar-refractivity contribution < 1.29 is 32.7 Å². The van der Waals surface area contributed by atoms with Gasteiger partial charge in [0.15, 0.2) is 0 Å². The van der Waals surface area contributed by atoms with Gasteiger partial charge in [0.1, 0.15) is 0 Å². The van der Waals surface area contributed by atoms with Crippen molar-refractivity contribution in [1.29, 1.82) is 0 Å². The zero-order chi connectivity index (χ0) is 9.54. The van der Waals surface area contributed by atoms with Crippen molar-refractivity contribution in [2.24, 2.45) is 0 Å². The first-order chi connectivity index (χ1) is 6.84. The van der Waals surface area contributed by atoms with Gasteiger partial charge in [-0.2, -0.15) is 29.8 Å². The summed E-state index contributed by atoms with van der Waals surface area (Å²) >= 11 is 1.80. The Bertz CT molecular complexity index is 490. The van der Waals surface area contributed by atoms with Crippen LogP contribution in [0.25, 0.3) is 10.4 Å². The predicted molar refractivity (Wildman–Crippen MR) is 58.5 cm³/mol. The number of hydrogen-bond acceptors (Lipinski definition) is 2. The average Bonchev–Trinajstić information content (AvgIpc) is 2.59. The van der Waals surface area contributed by atoms with E-state index in [0.717, 1.165) is 12.8 Å². The standard InChI is InChI=1S/C12H10NS.Y/c1-8-13-11-7-6-9-4-2-3-5-10(9)12(11)14-8;/h2-3,5H,6-7H2,1H3;/q-1;. The van der Waals surface area contributed by atoms with E-state index in [1.165, 1.54) is 26.7 Å². The fraction of sp³-hybridized carbons (Fsp3) is 0.250. The molecule has 1 nitrogen and oxygen atoms in total. The van der Waals surface area contributed by atoms with Crippen LogP contribution in [0.15, 0.2) is 18.2 Å². The first kappa shape index (κ1) is 11.4. The van der Waals surface area contributed by atoms with Gasteiger partial charge in [-0.1, -0.05) is 0 Å². The molecule has 1 aromatic heterocycles. The van der Waals surface area contributed by atoms with E-state index in [9.17, 15) is 0 Å². The zero-order valence-corrected chi connectivity index (χ0v) is 12.2. The minimum absolute atomic E-state index is 0. The number of nitrogens with zero attached hydrogens (tertiary/aromatic N) is 1. The molecule has 1 aromatic carbocycles. The Kier molecular flexibility index (Phi) is 3.39. The van der Waals surface area contributed by atoms with Crippen LogP contribution in [0, 0.1) is 13.0 Å². The van der Waals surface area contributed by atoms with Gasteiger partial charge in [0.25, 0.3) is 0 Å². The first-order valence-electron chi connectivity index (χ1n) is 4.81. The molecular formula is C12H10NSY-. The van der Waals surface area contributed by atoms with Gasteiger partial charge in [-0.15, -0.1) is 16.9 Å². The van der Waals surface area contributed by atoms with Gasteiger partial charge in [-0.05, 0) is 19.8 Å². The molecule has 2 aromatic rings. The molecule has 1 aliphatic rings. The minimum Gasteiger partial charge on any atom is -0.247 e. The van der Waals surface area contributed by atoms with Crippen LogP contribution in [0.5, 0.6) is 0 Å². The molecule has 1 radical (unpaired) electrons. The summed E-state index contributed by atoms with van der Waals surface area (Å²) in [6, 6.07) is 9.56. The summed E-state index contributed by atoms with van der Waals surface area (Å²) in [7, 11) is 0. The summed E-state index contributed by atoms with van der Waals surface area (Å²) in [5.74, 6) is 0. The Morgan fingerprint density at radius 3 is 3.13 bits per heavy atom. The van der Waals surface area contributed by atoms with Gasteiger partial charge < -0.3 is 0 Å². The number of thiazole rings is 1. The van der Waals surface area contributed by atoms with Crippen LogP contribution in [0.3, 0.4) is 0 Å². The number of rotatable bonds is 0. The molecule has 0 spiro atoms. The van der Waals surface area contributed by atoms with Crippen molar-refractivity contribution in [3.8, 4) is 10.4 Å². The fourth-order valence-corrected chi connectivity index (χ4v) is 3.00. The second kappa shape index (κ2) is 4.44. The first-order valence-corrected chi connectivity index (χ1v) is 5.62. The van der Waals surface area contributed by atoms with E-state index in [1.54, 1.807) is 11.3 Å². The fourth-order valence-electron chi connectivity index (χ4n) is 1.98. The molecule has 1 heterocycles. The summed E-state index contributed by atoms with van der Waals surface area (Å²) < 4.78 is 0. The van der Waals surface area contributed by atoms with Gasteiger partial charge in [0, 0.05) is 43.3 Å². The summed E-state index contributed by atoms with van der Waals surface area (Å²) in [5, 5.41) is 1.17. The van der Waals surface area contributed by atoms with E-state index in [-0.39, 0.29) is 32.7 Å². The molecule has 0 amide bonds. The Balaban J connectivity index is 0.000000853. The van der Waals surface area contributed by atoms with Gasteiger partial charge in [-0.3, -0.25) is 0 Å². The Morgan fingerprint density at radius 1 is 1.40 bits per heavy atom. The number of aromatic nitrogens is 1. The maximum Gasteiger partial charge on any atom is 0.0892 e. The van der Waals surface area contributed by atoms with E-state index in [2.05, 4.69) is 30.1 Å². The molecule has 1 aliphatic carbocycles. The Morgan fingerprint density at radius 2 is 2.27 bits per heavy atom. The molecule has 0 N–H and O–H groups in total. The van der Waals surface area contributed by atoms with E-state index in [1.807, 2.05) is 6.07 Å². The zero-order valence-electron chi connectivity index (χ0n) is 8.58. The molecule has 0 saturated heterocycles. The third kappa shape index (κ3) is 1.95. The quantitative estimate of drug-likeness (QED) is 0.679. The molecule has 0 unspecified atom stereocenters. The van der Waals surface area contributed by atoms with Crippen molar-refractivity contribution >= 4 is 11.3 Å². The molecule has 0 aliphatic heterocycles. The van der Waals surface area contributed by atoms with Crippen molar-refractivity contribution in [2.45, 2.75) is 19.8 Å². The molecule has 3 rings (SSSR count). The van der Waals surface area contributed by atoms with E-state index in [0.29, 0.717) is 0 Å². The van der Waals surface area contributed by atoms with Gasteiger partial charge in [0.2, 0.25) is 0 Å². The second-order valence-electron chi connectivity index (χ2n) is 3.57.